The second kappa shape index (κ2) is 4.37. The van der Waals surface area contributed by atoms with Gasteiger partial charge in [0.2, 0.25) is 0 Å². The zero-order valence-electron chi connectivity index (χ0n) is 9.51. The van der Waals surface area contributed by atoms with Crippen molar-refractivity contribution in [2.75, 3.05) is 0 Å². The molecule has 0 bridgehead atoms. The summed E-state index contributed by atoms with van der Waals surface area (Å²) in [7, 11) is 0. The number of rotatable bonds is 2. The molecule has 3 nitrogen and oxygen atoms in total. The summed E-state index contributed by atoms with van der Waals surface area (Å²) in [6.45, 7) is 2.02. The van der Waals surface area contributed by atoms with E-state index < -0.39 is 0 Å². The Morgan fingerprint density at radius 3 is 2.18 bits per heavy atom. The lowest BCUT2D eigenvalue weighted by atomic mass is 9.97. The van der Waals surface area contributed by atoms with Crippen molar-refractivity contribution in [2.24, 2.45) is 0 Å². The van der Waals surface area contributed by atoms with E-state index in [2.05, 4.69) is 0 Å². The first-order valence-electron chi connectivity index (χ1n) is 5.46. The highest BCUT2D eigenvalue weighted by Gasteiger charge is 2.11. The summed E-state index contributed by atoms with van der Waals surface area (Å²) in [5.41, 5.74) is 2.47. The van der Waals surface area contributed by atoms with Crippen molar-refractivity contribution in [1.29, 1.82) is 0 Å². The molecule has 2 rings (SSSR count). The Kier molecular flexibility index (Phi) is 2.91. The van der Waals surface area contributed by atoms with Gasteiger partial charge >= 0.3 is 0 Å². The Morgan fingerprint density at radius 2 is 1.47 bits per heavy atom. The molecule has 2 aromatic rings. The van der Waals surface area contributed by atoms with Gasteiger partial charge in [0.25, 0.3) is 0 Å². The molecule has 0 radical (unpaired) electrons. The van der Waals surface area contributed by atoms with Gasteiger partial charge in [-0.1, -0.05) is 31.2 Å². The Morgan fingerprint density at radius 1 is 0.824 bits per heavy atom. The standard InChI is InChI=1S/C14H14O3/c1-2-9-5-3-4-6-10(9)11-7-13(16)14(17)8-12(11)15/h3-8,15-17H,2H2,1H3. The van der Waals surface area contributed by atoms with E-state index in [-0.39, 0.29) is 17.2 Å². The summed E-state index contributed by atoms with van der Waals surface area (Å²) >= 11 is 0. The zero-order chi connectivity index (χ0) is 12.4. The smallest absolute Gasteiger partial charge is 0.161 e. The SMILES string of the molecule is CCc1ccccc1-c1cc(O)c(O)cc1O. The van der Waals surface area contributed by atoms with Crippen molar-refractivity contribution in [3.63, 3.8) is 0 Å². The van der Waals surface area contributed by atoms with Crippen LogP contribution in [0.5, 0.6) is 17.2 Å². The molecular weight excluding hydrogens is 216 g/mol. The molecule has 0 aliphatic carbocycles. The number of hydrogen-bond acceptors (Lipinski definition) is 3. The molecule has 0 amide bonds. The fraction of sp³-hybridized carbons (Fsp3) is 0.143. The fourth-order valence-electron chi connectivity index (χ4n) is 1.87. The van der Waals surface area contributed by atoms with Crippen LogP contribution >= 0.6 is 0 Å². The van der Waals surface area contributed by atoms with Gasteiger partial charge < -0.3 is 15.3 Å². The Labute approximate surface area is 99.6 Å². The second-order valence-electron chi connectivity index (χ2n) is 3.87. The molecule has 0 aliphatic rings. The first kappa shape index (κ1) is 11.3. The second-order valence-corrected chi connectivity index (χ2v) is 3.87. The van der Waals surface area contributed by atoms with Crippen molar-refractivity contribution >= 4 is 0 Å². The van der Waals surface area contributed by atoms with Crippen molar-refractivity contribution in [1.82, 2.24) is 0 Å². The monoisotopic (exact) mass is 230 g/mol. The van der Waals surface area contributed by atoms with Crippen LogP contribution in [0.15, 0.2) is 36.4 Å². The van der Waals surface area contributed by atoms with E-state index in [0.29, 0.717) is 5.56 Å². The van der Waals surface area contributed by atoms with E-state index in [0.717, 1.165) is 23.6 Å². The van der Waals surface area contributed by atoms with Crippen LogP contribution in [0.4, 0.5) is 0 Å². The summed E-state index contributed by atoms with van der Waals surface area (Å²) in [6.07, 6.45) is 0.831. The average molecular weight is 230 g/mol. The van der Waals surface area contributed by atoms with E-state index >= 15 is 0 Å². The summed E-state index contributed by atoms with van der Waals surface area (Å²) < 4.78 is 0. The van der Waals surface area contributed by atoms with Crippen molar-refractivity contribution in [3.8, 4) is 28.4 Å². The molecule has 0 fully saturated rings. The Hall–Kier alpha value is -2.16. The topological polar surface area (TPSA) is 60.7 Å². The molecule has 3 heteroatoms. The van der Waals surface area contributed by atoms with E-state index in [9.17, 15) is 15.3 Å². The van der Waals surface area contributed by atoms with E-state index in [1.807, 2.05) is 31.2 Å². The van der Waals surface area contributed by atoms with Gasteiger partial charge in [-0.3, -0.25) is 0 Å². The number of aromatic hydroxyl groups is 3. The summed E-state index contributed by atoms with van der Waals surface area (Å²) in [5.74, 6) is -0.592. The van der Waals surface area contributed by atoms with Crippen LogP contribution in [0.2, 0.25) is 0 Å². The molecule has 0 aromatic heterocycles. The highest BCUT2D eigenvalue weighted by Crippen LogP contribution is 2.39. The fourth-order valence-corrected chi connectivity index (χ4v) is 1.87. The number of aryl methyl sites for hydroxylation is 1. The molecule has 2 aromatic carbocycles. The summed E-state index contributed by atoms with van der Waals surface area (Å²) in [6, 6.07) is 10.2. The molecule has 0 heterocycles. The van der Waals surface area contributed by atoms with Gasteiger partial charge in [0.1, 0.15) is 5.75 Å². The molecule has 0 spiro atoms. The van der Waals surface area contributed by atoms with Gasteiger partial charge in [0.15, 0.2) is 11.5 Å². The van der Waals surface area contributed by atoms with Crippen molar-refractivity contribution < 1.29 is 15.3 Å². The highest BCUT2D eigenvalue weighted by atomic mass is 16.3. The molecule has 0 atom stereocenters. The Bertz CT molecular complexity index is 547. The van der Waals surface area contributed by atoms with Crippen LogP contribution in [-0.2, 0) is 6.42 Å². The minimum absolute atomic E-state index is 0.0406. The lowest BCUT2D eigenvalue weighted by molar-refractivity contribution is 0.397. The molecule has 0 saturated heterocycles. The van der Waals surface area contributed by atoms with Crippen LogP contribution < -0.4 is 0 Å². The van der Waals surface area contributed by atoms with Gasteiger partial charge in [-0.05, 0) is 23.6 Å². The molecule has 0 unspecified atom stereocenters. The van der Waals surface area contributed by atoms with Crippen LogP contribution in [-0.4, -0.2) is 15.3 Å². The van der Waals surface area contributed by atoms with Crippen LogP contribution in [0.1, 0.15) is 12.5 Å². The Balaban J connectivity index is 2.64. The largest absolute Gasteiger partial charge is 0.507 e. The molecular formula is C14H14O3. The number of phenols is 3. The minimum atomic E-state index is -0.319. The third kappa shape index (κ3) is 2.04. The quantitative estimate of drug-likeness (QED) is 0.549. The number of benzene rings is 2. The van der Waals surface area contributed by atoms with Crippen LogP contribution in [0.3, 0.4) is 0 Å². The van der Waals surface area contributed by atoms with E-state index in [4.69, 9.17) is 0 Å². The molecule has 0 aliphatic heterocycles. The zero-order valence-corrected chi connectivity index (χ0v) is 9.51. The van der Waals surface area contributed by atoms with Gasteiger partial charge in [-0.25, -0.2) is 0 Å². The van der Waals surface area contributed by atoms with Crippen molar-refractivity contribution in [3.05, 3.63) is 42.0 Å². The lowest BCUT2D eigenvalue weighted by Gasteiger charge is -2.10. The highest BCUT2D eigenvalue weighted by molar-refractivity contribution is 5.76. The van der Waals surface area contributed by atoms with Crippen LogP contribution in [0, 0.1) is 0 Å². The number of hydrogen-bond donors (Lipinski definition) is 3. The first-order chi connectivity index (χ1) is 8.13. The maximum absolute atomic E-state index is 9.82. The normalized spacial score (nSPS) is 10.4. The average Bonchev–Trinajstić information content (AvgIpc) is 2.34. The van der Waals surface area contributed by atoms with Crippen LogP contribution in [0.25, 0.3) is 11.1 Å². The third-order valence-electron chi connectivity index (χ3n) is 2.78. The van der Waals surface area contributed by atoms with Gasteiger partial charge in [0, 0.05) is 11.6 Å². The maximum Gasteiger partial charge on any atom is 0.161 e. The molecule has 3 N–H and O–H groups in total. The minimum Gasteiger partial charge on any atom is -0.507 e. The van der Waals surface area contributed by atoms with Gasteiger partial charge in [-0.2, -0.15) is 0 Å². The van der Waals surface area contributed by atoms with E-state index in [1.54, 1.807) is 0 Å². The molecule has 0 saturated carbocycles. The summed E-state index contributed by atoms with van der Waals surface area (Å²) in [5, 5.41) is 28.6. The molecule has 17 heavy (non-hydrogen) atoms. The van der Waals surface area contributed by atoms with E-state index in [1.165, 1.54) is 6.07 Å². The van der Waals surface area contributed by atoms with Gasteiger partial charge in [-0.15, -0.1) is 0 Å². The predicted octanol–water partition coefficient (Wildman–Crippen LogP) is 3.03. The number of phenolic OH excluding ortho intramolecular Hbond substituents is 3. The molecule has 88 valence electrons. The van der Waals surface area contributed by atoms with Crippen molar-refractivity contribution in [2.45, 2.75) is 13.3 Å². The lowest BCUT2D eigenvalue weighted by Crippen LogP contribution is -1.87. The summed E-state index contributed by atoms with van der Waals surface area (Å²) in [4.78, 5) is 0. The first-order valence-corrected chi connectivity index (χ1v) is 5.46. The predicted molar refractivity (Wildman–Crippen MR) is 66.3 cm³/mol. The third-order valence-corrected chi connectivity index (χ3v) is 2.78. The maximum atomic E-state index is 9.82. The van der Waals surface area contributed by atoms with Gasteiger partial charge in [0.05, 0.1) is 0 Å².